The lowest BCUT2D eigenvalue weighted by atomic mass is 9.88. The second kappa shape index (κ2) is 9.60. The molecular weight excluding hydrogens is 492 g/mol. The first kappa shape index (κ1) is 25.8. The molecule has 0 unspecified atom stereocenters. The van der Waals surface area contributed by atoms with Crippen LogP contribution in [0.25, 0.3) is 38.9 Å². The molecule has 0 N–H and O–H groups in total. The number of nitrogens with zero attached hydrogens (tertiary/aromatic N) is 4. The Morgan fingerprint density at radius 2 is 1.30 bits per heavy atom. The predicted molar refractivity (Wildman–Crippen MR) is 164 cm³/mol. The summed E-state index contributed by atoms with van der Waals surface area (Å²) in [4.78, 5) is 14.0. The molecule has 0 amide bonds. The molecule has 0 radical (unpaired) electrons. The van der Waals surface area contributed by atoms with Gasteiger partial charge in [0.2, 0.25) is 11.8 Å². The van der Waals surface area contributed by atoms with Crippen molar-refractivity contribution in [3.63, 3.8) is 0 Å². The van der Waals surface area contributed by atoms with Crippen molar-refractivity contribution in [3.8, 4) is 28.7 Å². The van der Waals surface area contributed by atoms with E-state index < -0.39 is 0 Å². The molecule has 5 nitrogen and oxygen atoms in total. The molecule has 40 heavy (non-hydrogen) atoms. The molecular formula is C35H34N4O. The minimum absolute atomic E-state index is 0.0107. The molecule has 0 aliphatic carbocycles. The zero-order valence-corrected chi connectivity index (χ0v) is 23.9. The number of rotatable bonds is 4. The molecule has 0 saturated carbocycles. The van der Waals surface area contributed by atoms with Gasteiger partial charge in [-0.1, -0.05) is 84.0 Å². The second-order valence-corrected chi connectivity index (χ2v) is 12.4. The highest BCUT2D eigenvalue weighted by Crippen LogP contribution is 2.35. The maximum Gasteiger partial charge on any atom is 0.234 e. The average molecular weight is 527 g/mol. The van der Waals surface area contributed by atoms with Gasteiger partial charge in [-0.25, -0.2) is 15.0 Å². The standard InChI is InChI=1S/C35H34N4O/c1-34(2,3)25-16-17-36-32(20-25)40-27-11-9-10-23(18-27)24-14-15-29-28-12-7-8-13-30(28)39(31(29)19-24)33-37-21-26(22-38-33)35(4,5)6/h7-22H,1-6H3. The highest BCUT2D eigenvalue weighted by molar-refractivity contribution is 6.10. The van der Waals surface area contributed by atoms with Gasteiger partial charge in [-0.3, -0.25) is 4.57 Å². The van der Waals surface area contributed by atoms with E-state index in [-0.39, 0.29) is 10.8 Å². The quantitative estimate of drug-likeness (QED) is 0.230. The summed E-state index contributed by atoms with van der Waals surface area (Å²) in [5.74, 6) is 2.01. The Hall–Kier alpha value is -4.51. The molecule has 0 atom stereocenters. The van der Waals surface area contributed by atoms with Crippen molar-refractivity contribution in [2.75, 3.05) is 0 Å². The number of para-hydroxylation sites is 1. The van der Waals surface area contributed by atoms with E-state index in [0.717, 1.165) is 33.5 Å². The highest BCUT2D eigenvalue weighted by Gasteiger charge is 2.18. The van der Waals surface area contributed by atoms with E-state index in [1.54, 1.807) is 0 Å². The number of benzene rings is 3. The monoisotopic (exact) mass is 526 g/mol. The second-order valence-electron chi connectivity index (χ2n) is 12.4. The van der Waals surface area contributed by atoms with E-state index in [1.807, 2.05) is 42.9 Å². The maximum atomic E-state index is 6.21. The molecule has 0 aliphatic heterocycles. The molecule has 5 heteroatoms. The van der Waals surface area contributed by atoms with Gasteiger partial charge in [-0.2, -0.15) is 0 Å². The summed E-state index contributed by atoms with van der Waals surface area (Å²) >= 11 is 0. The van der Waals surface area contributed by atoms with Crippen molar-refractivity contribution in [2.24, 2.45) is 0 Å². The van der Waals surface area contributed by atoms with Crippen LogP contribution in [0.3, 0.4) is 0 Å². The first-order valence-electron chi connectivity index (χ1n) is 13.7. The molecule has 200 valence electrons. The normalized spacial score (nSPS) is 12.2. The minimum atomic E-state index is -0.0107. The predicted octanol–water partition coefficient (Wildman–Crippen LogP) is 9.02. The summed E-state index contributed by atoms with van der Waals surface area (Å²) in [6, 6.07) is 27.2. The smallest absolute Gasteiger partial charge is 0.234 e. The molecule has 3 aromatic carbocycles. The molecule has 3 heterocycles. The van der Waals surface area contributed by atoms with Gasteiger partial charge in [0.1, 0.15) is 5.75 Å². The van der Waals surface area contributed by atoms with Gasteiger partial charge in [0.25, 0.3) is 0 Å². The fourth-order valence-electron chi connectivity index (χ4n) is 4.98. The fourth-order valence-corrected chi connectivity index (χ4v) is 4.98. The minimum Gasteiger partial charge on any atom is -0.439 e. The number of aromatic nitrogens is 4. The summed E-state index contributed by atoms with van der Waals surface area (Å²) < 4.78 is 8.36. The zero-order valence-electron chi connectivity index (χ0n) is 23.9. The van der Waals surface area contributed by atoms with Gasteiger partial charge in [0.05, 0.1) is 11.0 Å². The highest BCUT2D eigenvalue weighted by atomic mass is 16.5. The summed E-state index contributed by atoms with van der Waals surface area (Å²) in [6.07, 6.45) is 5.69. The van der Waals surface area contributed by atoms with Gasteiger partial charge in [0, 0.05) is 35.4 Å². The Labute approximate surface area is 235 Å². The van der Waals surface area contributed by atoms with Gasteiger partial charge >= 0.3 is 0 Å². The average Bonchev–Trinajstić information content (AvgIpc) is 3.26. The van der Waals surface area contributed by atoms with Crippen LogP contribution in [-0.4, -0.2) is 19.5 Å². The lowest BCUT2D eigenvalue weighted by Gasteiger charge is -2.19. The molecule has 0 fully saturated rings. The van der Waals surface area contributed by atoms with Crippen LogP contribution in [-0.2, 0) is 10.8 Å². The Bertz CT molecular complexity index is 1840. The lowest BCUT2D eigenvalue weighted by Crippen LogP contribution is -2.13. The molecule has 0 bridgehead atoms. The number of hydrogen-bond acceptors (Lipinski definition) is 4. The number of pyridine rings is 1. The molecule has 6 rings (SSSR count). The van der Waals surface area contributed by atoms with Crippen molar-refractivity contribution in [3.05, 3.63) is 109 Å². The van der Waals surface area contributed by atoms with E-state index in [4.69, 9.17) is 14.7 Å². The van der Waals surface area contributed by atoms with Gasteiger partial charge in [-0.15, -0.1) is 0 Å². The van der Waals surface area contributed by atoms with Crippen LogP contribution in [0.2, 0.25) is 0 Å². The van der Waals surface area contributed by atoms with Crippen LogP contribution in [0.15, 0.2) is 97.5 Å². The van der Waals surface area contributed by atoms with E-state index in [0.29, 0.717) is 11.8 Å². The molecule has 0 aliphatic rings. The summed E-state index contributed by atoms with van der Waals surface area (Å²) in [6.45, 7) is 13.1. The van der Waals surface area contributed by atoms with Crippen molar-refractivity contribution in [1.82, 2.24) is 19.5 Å². The summed E-state index contributed by atoms with van der Waals surface area (Å²) in [7, 11) is 0. The molecule has 0 spiro atoms. The van der Waals surface area contributed by atoms with Crippen LogP contribution < -0.4 is 4.74 Å². The van der Waals surface area contributed by atoms with Crippen molar-refractivity contribution < 1.29 is 4.74 Å². The Morgan fingerprint density at radius 1 is 0.600 bits per heavy atom. The van der Waals surface area contributed by atoms with Gasteiger partial charge in [0.15, 0.2) is 0 Å². The van der Waals surface area contributed by atoms with E-state index in [9.17, 15) is 0 Å². The number of hydrogen-bond donors (Lipinski definition) is 0. The summed E-state index contributed by atoms with van der Waals surface area (Å²) in [5, 5.41) is 2.34. The third-order valence-corrected chi connectivity index (χ3v) is 7.37. The molecule has 0 saturated heterocycles. The van der Waals surface area contributed by atoms with Crippen molar-refractivity contribution in [1.29, 1.82) is 0 Å². The van der Waals surface area contributed by atoms with Crippen molar-refractivity contribution >= 4 is 21.8 Å². The SMILES string of the molecule is CC(C)(C)c1cnc(-n2c3ccccc3c3ccc(-c4cccc(Oc5cc(C(C)(C)C)ccn5)c4)cc32)nc1. The van der Waals surface area contributed by atoms with Crippen LogP contribution in [0.5, 0.6) is 11.6 Å². The Morgan fingerprint density at radius 3 is 2.05 bits per heavy atom. The maximum absolute atomic E-state index is 6.21. The Kier molecular flexibility index (Phi) is 6.18. The Balaban J connectivity index is 1.42. The first-order valence-corrected chi connectivity index (χ1v) is 13.7. The fraction of sp³-hybridized carbons (Fsp3) is 0.229. The largest absolute Gasteiger partial charge is 0.439 e. The summed E-state index contributed by atoms with van der Waals surface area (Å²) in [5.41, 5.74) is 6.60. The van der Waals surface area contributed by atoms with Gasteiger partial charge in [-0.05, 0) is 63.4 Å². The van der Waals surface area contributed by atoms with E-state index in [1.165, 1.54) is 16.3 Å². The first-order chi connectivity index (χ1) is 19.1. The van der Waals surface area contributed by atoms with Crippen LogP contribution >= 0.6 is 0 Å². The third-order valence-electron chi connectivity index (χ3n) is 7.37. The molecule has 3 aromatic heterocycles. The van der Waals surface area contributed by atoms with Crippen LogP contribution in [0.4, 0.5) is 0 Å². The van der Waals surface area contributed by atoms with Gasteiger partial charge < -0.3 is 4.74 Å². The topological polar surface area (TPSA) is 52.8 Å². The van der Waals surface area contributed by atoms with E-state index >= 15 is 0 Å². The van der Waals surface area contributed by atoms with E-state index in [2.05, 4.69) is 106 Å². The third kappa shape index (κ3) is 4.84. The zero-order chi connectivity index (χ0) is 28.1. The van der Waals surface area contributed by atoms with Crippen LogP contribution in [0.1, 0.15) is 52.7 Å². The number of ether oxygens (including phenoxy) is 1. The lowest BCUT2D eigenvalue weighted by molar-refractivity contribution is 0.459. The van der Waals surface area contributed by atoms with Crippen LogP contribution in [0, 0.1) is 0 Å². The molecule has 6 aromatic rings. The van der Waals surface area contributed by atoms with Crippen molar-refractivity contribution in [2.45, 2.75) is 52.4 Å². The number of fused-ring (bicyclic) bond motifs is 3.